The molecule has 2 N–H and O–H groups in total. The zero-order valence-electron chi connectivity index (χ0n) is 11.8. The van der Waals surface area contributed by atoms with Crippen molar-refractivity contribution in [3.8, 4) is 0 Å². The summed E-state index contributed by atoms with van der Waals surface area (Å²) in [5, 5.41) is 14.2. The van der Waals surface area contributed by atoms with E-state index in [1.54, 1.807) is 18.2 Å². The average molecular weight is 336 g/mol. The Labute approximate surface area is 138 Å². The molecule has 0 radical (unpaired) electrons. The SMILES string of the molecule is O=C(NCC1(O)Cc2ccccc2C1)c1cc(Cl)cc(Cl)c1. The highest BCUT2D eigenvalue weighted by atomic mass is 35.5. The highest BCUT2D eigenvalue weighted by Crippen LogP contribution is 2.29. The van der Waals surface area contributed by atoms with Crippen LogP contribution in [0.3, 0.4) is 0 Å². The van der Waals surface area contributed by atoms with Crippen molar-refractivity contribution in [2.24, 2.45) is 0 Å². The van der Waals surface area contributed by atoms with Crippen LogP contribution in [0.4, 0.5) is 0 Å². The fourth-order valence-corrected chi connectivity index (χ4v) is 3.36. The van der Waals surface area contributed by atoms with Crippen molar-refractivity contribution in [3.05, 3.63) is 69.2 Å². The van der Waals surface area contributed by atoms with Crippen molar-refractivity contribution in [1.82, 2.24) is 5.32 Å². The summed E-state index contributed by atoms with van der Waals surface area (Å²) in [6.45, 7) is 0.185. The van der Waals surface area contributed by atoms with Crippen molar-refractivity contribution in [1.29, 1.82) is 0 Å². The summed E-state index contributed by atoms with van der Waals surface area (Å²) in [5.74, 6) is -0.297. The summed E-state index contributed by atoms with van der Waals surface area (Å²) < 4.78 is 0. The maximum atomic E-state index is 12.2. The largest absolute Gasteiger partial charge is 0.387 e. The van der Waals surface area contributed by atoms with Crippen molar-refractivity contribution >= 4 is 29.1 Å². The summed E-state index contributed by atoms with van der Waals surface area (Å²) in [5.41, 5.74) is 1.70. The van der Waals surface area contributed by atoms with E-state index < -0.39 is 5.60 Å². The second-order valence-corrected chi connectivity index (χ2v) is 6.56. The molecule has 3 rings (SSSR count). The maximum absolute atomic E-state index is 12.2. The van der Waals surface area contributed by atoms with Gasteiger partial charge in [-0.2, -0.15) is 0 Å². The molecule has 1 amide bonds. The van der Waals surface area contributed by atoms with Gasteiger partial charge in [0.25, 0.3) is 5.91 Å². The van der Waals surface area contributed by atoms with Crippen molar-refractivity contribution in [2.45, 2.75) is 18.4 Å². The predicted molar refractivity (Wildman–Crippen MR) is 87.6 cm³/mol. The number of fused-ring (bicyclic) bond motifs is 1. The molecule has 0 aliphatic heterocycles. The zero-order chi connectivity index (χ0) is 15.7. The molecule has 0 atom stereocenters. The van der Waals surface area contributed by atoms with Crippen LogP contribution in [0.1, 0.15) is 21.5 Å². The van der Waals surface area contributed by atoms with E-state index in [0.29, 0.717) is 28.5 Å². The fraction of sp³-hybridized carbons (Fsp3) is 0.235. The summed E-state index contributed by atoms with van der Waals surface area (Å²) >= 11 is 11.8. The standard InChI is InChI=1S/C17H15Cl2NO2/c18-14-5-13(6-15(19)7-14)16(21)20-10-17(22)8-11-3-1-2-4-12(11)9-17/h1-7,22H,8-10H2,(H,20,21). The van der Waals surface area contributed by atoms with Gasteiger partial charge in [0, 0.05) is 35.0 Å². The first-order chi connectivity index (χ1) is 10.5. The van der Waals surface area contributed by atoms with E-state index in [4.69, 9.17) is 23.2 Å². The number of benzene rings is 2. The third-order valence-electron chi connectivity index (χ3n) is 3.86. The normalized spacial score (nSPS) is 15.4. The predicted octanol–water partition coefficient (Wildman–Crippen LogP) is 3.25. The fourth-order valence-electron chi connectivity index (χ4n) is 2.83. The van der Waals surface area contributed by atoms with Gasteiger partial charge in [-0.05, 0) is 29.3 Å². The lowest BCUT2D eigenvalue weighted by atomic mass is 10.0. The van der Waals surface area contributed by atoms with Crippen LogP contribution in [0.25, 0.3) is 0 Å². The molecule has 5 heteroatoms. The first-order valence-electron chi connectivity index (χ1n) is 6.99. The Morgan fingerprint density at radius 1 is 1.09 bits per heavy atom. The van der Waals surface area contributed by atoms with E-state index in [1.807, 2.05) is 24.3 Å². The number of halogens is 2. The second-order valence-electron chi connectivity index (χ2n) is 5.69. The maximum Gasteiger partial charge on any atom is 0.251 e. The molecule has 1 aliphatic rings. The van der Waals surface area contributed by atoms with E-state index in [-0.39, 0.29) is 12.5 Å². The summed E-state index contributed by atoms with van der Waals surface area (Å²) in [6.07, 6.45) is 1.08. The lowest BCUT2D eigenvalue weighted by molar-refractivity contribution is 0.0480. The van der Waals surface area contributed by atoms with Crippen LogP contribution in [0.15, 0.2) is 42.5 Å². The van der Waals surface area contributed by atoms with Gasteiger partial charge >= 0.3 is 0 Å². The highest BCUT2D eigenvalue weighted by molar-refractivity contribution is 6.35. The van der Waals surface area contributed by atoms with Gasteiger partial charge in [-0.15, -0.1) is 0 Å². The number of carbonyl (C=O) groups excluding carboxylic acids is 1. The topological polar surface area (TPSA) is 49.3 Å². The van der Waals surface area contributed by atoms with E-state index in [0.717, 1.165) is 11.1 Å². The van der Waals surface area contributed by atoms with Crippen LogP contribution in [0, 0.1) is 0 Å². The molecule has 3 nitrogen and oxygen atoms in total. The third kappa shape index (κ3) is 3.27. The molecule has 0 spiro atoms. The molecule has 22 heavy (non-hydrogen) atoms. The van der Waals surface area contributed by atoms with Gasteiger partial charge in [-0.3, -0.25) is 4.79 Å². The van der Waals surface area contributed by atoms with E-state index in [1.165, 1.54) is 0 Å². The van der Waals surface area contributed by atoms with Crippen LogP contribution in [0.2, 0.25) is 10.0 Å². The van der Waals surface area contributed by atoms with E-state index in [2.05, 4.69) is 5.32 Å². The number of carbonyl (C=O) groups is 1. The number of rotatable bonds is 3. The smallest absolute Gasteiger partial charge is 0.251 e. The first-order valence-corrected chi connectivity index (χ1v) is 7.74. The number of nitrogens with one attached hydrogen (secondary N) is 1. The van der Waals surface area contributed by atoms with Gasteiger partial charge in [0.2, 0.25) is 0 Å². The van der Waals surface area contributed by atoms with Crippen LogP contribution in [-0.2, 0) is 12.8 Å². The molecule has 0 saturated heterocycles. The molecule has 0 bridgehead atoms. The molecule has 1 aliphatic carbocycles. The Morgan fingerprint density at radius 2 is 1.64 bits per heavy atom. The molecule has 0 saturated carbocycles. The minimum Gasteiger partial charge on any atom is -0.387 e. The van der Waals surface area contributed by atoms with E-state index >= 15 is 0 Å². The molecule has 114 valence electrons. The molecule has 0 unspecified atom stereocenters. The number of aliphatic hydroxyl groups is 1. The lowest BCUT2D eigenvalue weighted by Gasteiger charge is -2.22. The zero-order valence-corrected chi connectivity index (χ0v) is 13.3. The van der Waals surface area contributed by atoms with Gasteiger partial charge in [0.05, 0.1) is 5.60 Å². The van der Waals surface area contributed by atoms with Crippen molar-refractivity contribution < 1.29 is 9.90 Å². The minimum absolute atomic E-state index is 0.185. The molecule has 0 fully saturated rings. The molecule has 0 aromatic heterocycles. The highest BCUT2D eigenvalue weighted by Gasteiger charge is 2.35. The van der Waals surface area contributed by atoms with Gasteiger partial charge in [-0.1, -0.05) is 47.5 Å². The third-order valence-corrected chi connectivity index (χ3v) is 4.30. The van der Waals surface area contributed by atoms with Gasteiger partial charge in [-0.25, -0.2) is 0 Å². The Morgan fingerprint density at radius 3 is 2.18 bits per heavy atom. The number of hydrogen-bond donors (Lipinski definition) is 2. The van der Waals surface area contributed by atoms with Crippen LogP contribution in [-0.4, -0.2) is 23.2 Å². The number of amides is 1. The quantitative estimate of drug-likeness (QED) is 0.904. The Balaban J connectivity index is 1.67. The molecular formula is C17H15Cl2NO2. The minimum atomic E-state index is -0.943. The molecular weight excluding hydrogens is 321 g/mol. The van der Waals surface area contributed by atoms with Gasteiger partial charge < -0.3 is 10.4 Å². The van der Waals surface area contributed by atoms with Crippen LogP contribution in [0.5, 0.6) is 0 Å². The second kappa shape index (κ2) is 5.92. The average Bonchev–Trinajstić information content (AvgIpc) is 2.80. The van der Waals surface area contributed by atoms with Crippen molar-refractivity contribution in [3.63, 3.8) is 0 Å². The molecule has 2 aromatic carbocycles. The lowest BCUT2D eigenvalue weighted by Crippen LogP contribution is -2.43. The Bertz CT molecular complexity index is 685. The number of hydrogen-bond acceptors (Lipinski definition) is 2. The summed E-state index contributed by atoms with van der Waals surface area (Å²) in [4.78, 5) is 12.2. The Kier molecular flexibility index (Phi) is 4.13. The first kappa shape index (κ1) is 15.3. The van der Waals surface area contributed by atoms with Crippen LogP contribution < -0.4 is 5.32 Å². The van der Waals surface area contributed by atoms with Gasteiger partial charge in [0.1, 0.15) is 0 Å². The van der Waals surface area contributed by atoms with E-state index in [9.17, 15) is 9.90 Å². The van der Waals surface area contributed by atoms with Crippen molar-refractivity contribution in [2.75, 3.05) is 6.54 Å². The molecule has 0 heterocycles. The van der Waals surface area contributed by atoms with Crippen LogP contribution >= 0.6 is 23.2 Å². The van der Waals surface area contributed by atoms with Gasteiger partial charge in [0.15, 0.2) is 0 Å². The summed E-state index contributed by atoms with van der Waals surface area (Å²) in [7, 11) is 0. The summed E-state index contributed by atoms with van der Waals surface area (Å²) in [6, 6.07) is 12.6. The molecule has 2 aromatic rings. The monoisotopic (exact) mass is 335 g/mol. The Hall–Kier alpha value is -1.55.